The molecule has 0 aliphatic carbocycles. The Kier molecular flexibility index (Phi) is 8.06. The van der Waals surface area contributed by atoms with Crippen LogP contribution < -0.4 is 0 Å². The molecule has 0 aliphatic rings. The van der Waals surface area contributed by atoms with Crippen molar-refractivity contribution in [1.82, 2.24) is 0 Å². The molecule has 0 bridgehead atoms. The predicted octanol–water partition coefficient (Wildman–Crippen LogP) is 8.95. The summed E-state index contributed by atoms with van der Waals surface area (Å²) >= 11 is 0. The minimum atomic E-state index is -2.61. The van der Waals surface area contributed by atoms with E-state index in [1.165, 1.54) is 11.1 Å². The van der Waals surface area contributed by atoms with E-state index < -0.39 is 9.20 Å². The van der Waals surface area contributed by atoms with E-state index in [4.69, 9.17) is 44.8 Å². The maximum atomic E-state index is 6.19. The molecule has 0 radical (unpaired) electrons. The summed E-state index contributed by atoms with van der Waals surface area (Å²) in [4.78, 5) is 0. The molecule has 0 atom stereocenters. The Bertz CT molecular complexity index is 793. The Morgan fingerprint density at radius 2 is 1.11 bits per heavy atom. The first-order chi connectivity index (χ1) is 12.5. The summed E-state index contributed by atoms with van der Waals surface area (Å²) in [5.41, 5.74) is 3.47. The molecule has 3 aromatic rings. The molecule has 0 aliphatic heterocycles. The molecular formula is C21H21Cl4FeO. The first-order valence-corrected chi connectivity index (χ1v) is 14.2. The zero-order valence-electron chi connectivity index (χ0n) is 15.2. The molecule has 0 saturated carbocycles. The third kappa shape index (κ3) is 8.03. The van der Waals surface area contributed by atoms with Gasteiger partial charge in [0.25, 0.3) is 0 Å². The Morgan fingerprint density at radius 1 is 0.667 bits per heavy atom. The first kappa shape index (κ1) is 22.6. The predicted molar refractivity (Wildman–Crippen MR) is 116 cm³/mol. The monoisotopic (exact) mass is 485 g/mol. The van der Waals surface area contributed by atoms with E-state index >= 15 is 0 Å². The summed E-state index contributed by atoms with van der Waals surface area (Å²) in [6.07, 6.45) is 0. The number of hydrogen-bond acceptors (Lipinski definition) is 0. The molecule has 1 aromatic heterocycles. The topological polar surface area (TPSA) is 11.3 Å². The molecule has 6 heteroatoms. The fourth-order valence-electron chi connectivity index (χ4n) is 2.41. The van der Waals surface area contributed by atoms with Gasteiger partial charge in [0.2, 0.25) is 0 Å². The fourth-order valence-corrected chi connectivity index (χ4v) is 2.41. The van der Waals surface area contributed by atoms with E-state index in [2.05, 4.69) is 69.3 Å². The van der Waals surface area contributed by atoms with Crippen molar-refractivity contribution in [2.45, 2.75) is 26.2 Å². The van der Waals surface area contributed by atoms with Crippen LogP contribution in [-0.4, -0.2) is 0 Å². The van der Waals surface area contributed by atoms with Crippen molar-refractivity contribution in [3.8, 4) is 22.5 Å². The van der Waals surface area contributed by atoms with Gasteiger partial charge in [-0.1, -0.05) is 48.5 Å². The Labute approximate surface area is 180 Å². The Balaban J connectivity index is 0.000000465. The van der Waals surface area contributed by atoms with E-state index in [0.717, 1.165) is 17.1 Å². The van der Waals surface area contributed by atoms with Crippen molar-refractivity contribution < 1.29 is 13.6 Å². The average Bonchev–Trinajstić information content (AvgIpc) is 2.61. The van der Waals surface area contributed by atoms with Crippen LogP contribution in [0, 0.1) is 0 Å². The maximum absolute atomic E-state index is 6.19. The van der Waals surface area contributed by atoms with Crippen LogP contribution in [0.2, 0.25) is 0 Å². The molecule has 27 heavy (non-hydrogen) atoms. The van der Waals surface area contributed by atoms with E-state index in [0.29, 0.717) is 0 Å². The molecule has 0 N–H and O–H groups in total. The number of benzene rings is 2. The summed E-state index contributed by atoms with van der Waals surface area (Å²) in [5.74, 6) is 1.90. The average molecular weight is 487 g/mol. The van der Waals surface area contributed by atoms with Crippen LogP contribution >= 0.6 is 40.4 Å². The van der Waals surface area contributed by atoms with Crippen molar-refractivity contribution in [3.63, 3.8) is 0 Å². The molecule has 147 valence electrons. The minimum absolute atomic E-state index is 0.0334. The van der Waals surface area contributed by atoms with Crippen LogP contribution in [0.1, 0.15) is 26.5 Å². The van der Waals surface area contributed by atoms with E-state index in [9.17, 15) is 0 Å². The van der Waals surface area contributed by atoms with E-state index in [1.54, 1.807) is 0 Å². The quantitative estimate of drug-likeness (QED) is 0.260. The zero-order valence-corrected chi connectivity index (χ0v) is 19.3. The van der Waals surface area contributed by atoms with Gasteiger partial charge in [0.15, 0.2) is 0 Å². The summed E-state index contributed by atoms with van der Waals surface area (Å²) in [7, 11) is 17.2. The van der Waals surface area contributed by atoms with Crippen molar-refractivity contribution in [2.24, 2.45) is 0 Å². The summed E-state index contributed by atoms with van der Waals surface area (Å²) < 4.78 is 6.19. The zero-order chi connectivity index (χ0) is 20.1. The van der Waals surface area contributed by atoms with Crippen LogP contribution in [-0.2, 0) is 14.6 Å². The van der Waals surface area contributed by atoms with Gasteiger partial charge in [0.05, 0.1) is 17.0 Å². The summed E-state index contributed by atoms with van der Waals surface area (Å²) in [6.45, 7) is 6.53. The molecule has 1 heterocycles. The number of rotatable bonds is 2. The van der Waals surface area contributed by atoms with Crippen molar-refractivity contribution >= 4 is 40.4 Å². The van der Waals surface area contributed by atoms with Gasteiger partial charge in [-0.2, -0.15) is 0 Å². The molecule has 1 nitrogen and oxygen atoms in total. The van der Waals surface area contributed by atoms with Crippen molar-refractivity contribution in [2.75, 3.05) is 0 Å². The molecule has 2 aromatic carbocycles. The van der Waals surface area contributed by atoms with Gasteiger partial charge in [0, 0.05) is 11.6 Å². The SMILES string of the molecule is CC(C)(C)c1cc(-c2ccccc2)cc(-c2ccccc2)[o+]1.[Cl][Fe-]([Cl])([Cl])[Cl]. The van der Waals surface area contributed by atoms with Gasteiger partial charge < -0.3 is 0 Å². The first-order valence-electron chi connectivity index (χ1n) is 8.17. The third-order valence-electron chi connectivity index (χ3n) is 3.70. The second-order valence-corrected chi connectivity index (χ2v) is 17.8. The van der Waals surface area contributed by atoms with Gasteiger partial charge in [-0.3, -0.25) is 0 Å². The number of halogens is 4. The van der Waals surface area contributed by atoms with Gasteiger partial charge >= 0.3 is 61.1 Å². The molecule has 0 spiro atoms. The summed E-state index contributed by atoms with van der Waals surface area (Å²) in [5, 5.41) is 0. The molecular weight excluding hydrogens is 466 g/mol. The van der Waals surface area contributed by atoms with Crippen LogP contribution in [0.5, 0.6) is 0 Å². The molecule has 3 rings (SSSR count). The molecule has 0 amide bonds. The second kappa shape index (κ2) is 9.65. The second-order valence-electron chi connectivity index (χ2n) is 6.86. The third-order valence-corrected chi connectivity index (χ3v) is 3.70. The van der Waals surface area contributed by atoms with Crippen LogP contribution in [0.25, 0.3) is 22.5 Å². The van der Waals surface area contributed by atoms with Gasteiger partial charge in [0.1, 0.15) is 0 Å². The normalized spacial score (nSPS) is 12.1. The fraction of sp³-hybridized carbons (Fsp3) is 0.190. The summed E-state index contributed by atoms with van der Waals surface area (Å²) in [6, 6.07) is 25.0. The Morgan fingerprint density at radius 3 is 1.56 bits per heavy atom. The van der Waals surface area contributed by atoms with Gasteiger partial charge in [-0.25, -0.2) is 4.42 Å². The van der Waals surface area contributed by atoms with Gasteiger partial charge in [-0.15, -0.1) is 0 Å². The molecule has 0 saturated heterocycles. The van der Waals surface area contributed by atoms with E-state index in [-0.39, 0.29) is 5.41 Å². The molecule has 0 unspecified atom stereocenters. The van der Waals surface area contributed by atoms with E-state index in [1.807, 2.05) is 24.3 Å². The van der Waals surface area contributed by atoms with Crippen molar-refractivity contribution in [1.29, 1.82) is 0 Å². The van der Waals surface area contributed by atoms with Crippen molar-refractivity contribution in [3.05, 3.63) is 78.6 Å². The van der Waals surface area contributed by atoms with Gasteiger partial charge in [-0.05, 0) is 38.5 Å². The standard InChI is InChI=1S/C21H21O.4ClH.Fe/c1-21(2,3)20-15-18(16-10-6-4-7-11-16)14-19(22-20)17-12-8-5-9-13-17;;;;;/h4-15H,1-3H3;4*1H;/q+1;;;;;+3/p-4. The van der Waals surface area contributed by atoms with Crippen LogP contribution in [0.4, 0.5) is 0 Å². The van der Waals surface area contributed by atoms with Crippen LogP contribution in [0.3, 0.4) is 0 Å². The van der Waals surface area contributed by atoms with Crippen LogP contribution in [0.15, 0.2) is 77.2 Å². The number of hydrogen-bond donors (Lipinski definition) is 0. The molecule has 0 fully saturated rings. The Hall–Kier alpha value is -0.731.